The Hall–Kier alpha value is -2.73. The lowest BCUT2D eigenvalue weighted by Crippen LogP contribution is -2.39. The van der Waals surface area contributed by atoms with Crippen LogP contribution in [-0.2, 0) is 22.4 Å². The first kappa shape index (κ1) is 21.0. The van der Waals surface area contributed by atoms with Gasteiger partial charge in [-0.05, 0) is 80.6 Å². The van der Waals surface area contributed by atoms with E-state index in [4.69, 9.17) is 0 Å². The van der Waals surface area contributed by atoms with Crippen LogP contribution in [0.25, 0.3) is 0 Å². The van der Waals surface area contributed by atoms with Crippen LogP contribution in [0.1, 0.15) is 42.5 Å². The molecule has 1 aliphatic rings. The third-order valence-electron chi connectivity index (χ3n) is 5.21. The monoisotopic (exact) mass is 397 g/mol. The van der Waals surface area contributed by atoms with Crippen LogP contribution < -0.4 is 10.6 Å². The summed E-state index contributed by atoms with van der Waals surface area (Å²) in [6.45, 7) is 2.16. The molecule has 0 saturated carbocycles. The van der Waals surface area contributed by atoms with E-state index in [-0.39, 0.29) is 36.8 Å². The molecule has 0 aliphatic heterocycles. The van der Waals surface area contributed by atoms with Gasteiger partial charge in [0.2, 0.25) is 11.8 Å². The third kappa shape index (κ3) is 6.12. The van der Waals surface area contributed by atoms with Gasteiger partial charge in [0.1, 0.15) is 5.82 Å². The number of anilines is 1. The summed E-state index contributed by atoms with van der Waals surface area (Å²) in [5.74, 6) is -0.744. The molecule has 0 bridgehead atoms. The van der Waals surface area contributed by atoms with Gasteiger partial charge in [-0.15, -0.1) is 0 Å². The smallest absolute Gasteiger partial charge is 0.238 e. The number of hydrogen-bond donors (Lipinski definition) is 2. The maximum absolute atomic E-state index is 12.9. The van der Waals surface area contributed by atoms with Gasteiger partial charge in [0, 0.05) is 5.69 Å². The van der Waals surface area contributed by atoms with Crippen LogP contribution >= 0.6 is 0 Å². The molecule has 0 heterocycles. The summed E-state index contributed by atoms with van der Waals surface area (Å²) in [6, 6.07) is 12.0. The molecule has 2 aromatic rings. The standard InChI is InChI=1S/C23H28FN3O2/c1-16(18-8-7-17-5-3-4-6-19(17)13-18)25-22(28)14-27(2)15-23(29)26-21-11-9-20(24)10-12-21/h7-13,16H,3-6,14-15H2,1-2H3,(H,25,28)(H,26,29)/t16-/m0/s1. The van der Waals surface area contributed by atoms with Gasteiger partial charge in [-0.1, -0.05) is 18.2 Å². The van der Waals surface area contributed by atoms with Crippen LogP contribution in [0.4, 0.5) is 10.1 Å². The Balaban J connectivity index is 1.46. The van der Waals surface area contributed by atoms with Crippen molar-refractivity contribution >= 4 is 17.5 Å². The lowest BCUT2D eigenvalue weighted by Gasteiger charge is -2.21. The molecule has 0 saturated heterocycles. The number of nitrogens with zero attached hydrogens (tertiary/aromatic N) is 1. The Morgan fingerprint density at radius 1 is 1.00 bits per heavy atom. The number of nitrogens with one attached hydrogen (secondary N) is 2. The molecule has 1 atom stereocenters. The first-order valence-electron chi connectivity index (χ1n) is 10.1. The van der Waals surface area contributed by atoms with E-state index in [1.807, 2.05) is 6.92 Å². The van der Waals surface area contributed by atoms with Crippen LogP contribution in [0.15, 0.2) is 42.5 Å². The van der Waals surface area contributed by atoms with Gasteiger partial charge in [-0.25, -0.2) is 4.39 Å². The minimum atomic E-state index is -0.357. The van der Waals surface area contributed by atoms with Crippen LogP contribution in [0.2, 0.25) is 0 Å². The molecule has 154 valence electrons. The predicted octanol–water partition coefficient (Wildman–Crippen LogP) is 3.45. The van der Waals surface area contributed by atoms with Crippen molar-refractivity contribution in [2.45, 2.75) is 38.6 Å². The number of amides is 2. The van der Waals surface area contributed by atoms with E-state index in [2.05, 4.69) is 28.8 Å². The number of likely N-dealkylation sites (N-methyl/N-ethyl adjacent to an activating group) is 1. The largest absolute Gasteiger partial charge is 0.348 e. The molecule has 0 radical (unpaired) electrons. The summed E-state index contributed by atoms with van der Waals surface area (Å²) >= 11 is 0. The van der Waals surface area contributed by atoms with Gasteiger partial charge in [0.05, 0.1) is 19.1 Å². The Kier molecular flexibility index (Phi) is 6.99. The van der Waals surface area contributed by atoms with E-state index >= 15 is 0 Å². The van der Waals surface area contributed by atoms with Gasteiger partial charge in [-0.3, -0.25) is 14.5 Å². The number of rotatable bonds is 7. The first-order chi connectivity index (χ1) is 13.9. The summed E-state index contributed by atoms with van der Waals surface area (Å²) in [6.07, 6.45) is 4.72. The van der Waals surface area contributed by atoms with Gasteiger partial charge in [0.25, 0.3) is 0 Å². The number of fused-ring (bicyclic) bond motifs is 1. The molecule has 0 spiro atoms. The van der Waals surface area contributed by atoms with Gasteiger partial charge in [0.15, 0.2) is 0 Å². The lowest BCUT2D eigenvalue weighted by molar-refractivity contribution is -0.123. The Labute approximate surface area is 171 Å². The summed E-state index contributed by atoms with van der Waals surface area (Å²) in [7, 11) is 1.72. The van der Waals surface area contributed by atoms with Crippen LogP contribution in [0.5, 0.6) is 0 Å². The number of hydrogen-bond acceptors (Lipinski definition) is 3. The molecule has 2 N–H and O–H groups in total. The zero-order valence-corrected chi connectivity index (χ0v) is 17.0. The minimum absolute atomic E-state index is 0.0675. The molecule has 0 aromatic heterocycles. The molecule has 5 nitrogen and oxygen atoms in total. The fourth-order valence-electron chi connectivity index (χ4n) is 3.67. The van der Waals surface area contributed by atoms with Crippen molar-refractivity contribution in [3.05, 3.63) is 65.0 Å². The Morgan fingerprint density at radius 2 is 1.66 bits per heavy atom. The Bertz CT molecular complexity index is 867. The average Bonchev–Trinajstić information content (AvgIpc) is 2.69. The molecular weight excluding hydrogens is 369 g/mol. The summed E-state index contributed by atoms with van der Waals surface area (Å²) in [5.41, 5.74) is 4.45. The maximum atomic E-state index is 12.9. The fourth-order valence-corrected chi connectivity index (χ4v) is 3.67. The SMILES string of the molecule is C[C@H](NC(=O)CN(C)CC(=O)Nc1ccc(F)cc1)c1ccc2c(c1)CCCC2. The van der Waals surface area contributed by atoms with Crippen LogP contribution in [0.3, 0.4) is 0 Å². The topological polar surface area (TPSA) is 61.4 Å². The quantitative estimate of drug-likeness (QED) is 0.752. The van der Waals surface area contributed by atoms with E-state index in [1.165, 1.54) is 48.2 Å². The lowest BCUT2D eigenvalue weighted by atomic mass is 9.89. The van der Waals surface area contributed by atoms with E-state index in [0.29, 0.717) is 5.69 Å². The first-order valence-corrected chi connectivity index (χ1v) is 10.1. The maximum Gasteiger partial charge on any atom is 0.238 e. The second-order valence-corrected chi connectivity index (χ2v) is 7.75. The highest BCUT2D eigenvalue weighted by Crippen LogP contribution is 2.24. The highest BCUT2D eigenvalue weighted by Gasteiger charge is 2.16. The van der Waals surface area contributed by atoms with E-state index in [9.17, 15) is 14.0 Å². The predicted molar refractivity (Wildman–Crippen MR) is 112 cm³/mol. The van der Waals surface area contributed by atoms with Crippen molar-refractivity contribution < 1.29 is 14.0 Å². The zero-order chi connectivity index (χ0) is 20.8. The second-order valence-electron chi connectivity index (χ2n) is 7.75. The Morgan fingerprint density at radius 3 is 2.38 bits per heavy atom. The highest BCUT2D eigenvalue weighted by atomic mass is 19.1. The van der Waals surface area contributed by atoms with Crippen molar-refractivity contribution in [1.29, 1.82) is 0 Å². The molecule has 0 fully saturated rings. The molecule has 2 aromatic carbocycles. The third-order valence-corrected chi connectivity index (χ3v) is 5.21. The van der Waals surface area contributed by atoms with Crippen LogP contribution in [-0.4, -0.2) is 36.9 Å². The number of halogens is 1. The van der Waals surface area contributed by atoms with Crippen molar-refractivity contribution in [3.63, 3.8) is 0 Å². The molecule has 6 heteroatoms. The molecule has 1 aliphatic carbocycles. The van der Waals surface area contributed by atoms with E-state index < -0.39 is 0 Å². The zero-order valence-electron chi connectivity index (χ0n) is 17.0. The van der Waals surface area contributed by atoms with Crippen molar-refractivity contribution in [3.8, 4) is 0 Å². The summed E-state index contributed by atoms with van der Waals surface area (Å²) in [4.78, 5) is 26.1. The highest BCUT2D eigenvalue weighted by molar-refractivity contribution is 5.92. The van der Waals surface area contributed by atoms with Gasteiger partial charge in [-0.2, -0.15) is 0 Å². The molecule has 3 rings (SSSR count). The van der Waals surface area contributed by atoms with E-state index in [0.717, 1.165) is 18.4 Å². The number of aryl methyl sites for hydroxylation is 2. The number of benzene rings is 2. The second kappa shape index (κ2) is 9.65. The van der Waals surface area contributed by atoms with Crippen molar-refractivity contribution in [2.24, 2.45) is 0 Å². The minimum Gasteiger partial charge on any atom is -0.348 e. The van der Waals surface area contributed by atoms with Crippen molar-refractivity contribution in [2.75, 3.05) is 25.5 Å². The summed E-state index contributed by atoms with van der Waals surface area (Å²) < 4.78 is 12.9. The van der Waals surface area contributed by atoms with E-state index in [1.54, 1.807) is 11.9 Å². The molecular formula is C23H28FN3O2. The van der Waals surface area contributed by atoms with Gasteiger partial charge < -0.3 is 10.6 Å². The number of carbonyl (C=O) groups excluding carboxylic acids is 2. The summed E-state index contributed by atoms with van der Waals surface area (Å²) in [5, 5.41) is 5.70. The fraction of sp³-hybridized carbons (Fsp3) is 0.391. The van der Waals surface area contributed by atoms with Crippen LogP contribution in [0, 0.1) is 5.82 Å². The molecule has 2 amide bonds. The molecule has 29 heavy (non-hydrogen) atoms. The van der Waals surface area contributed by atoms with Crippen molar-refractivity contribution in [1.82, 2.24) is 10.2 Å². The average molecular weight is 397 g/mol. The molecule has 0 unspecified atom stereocenters. The van der Waals surface area contributed by atoms with Gasteiger partial charge >= 0.3 is 0 Å². The normalized spacial score (nSPS) is 14.2. The number of carbonyl (C=O) groups is 2.